The number of ether oxygens (including phenoxy) is 1. The summed E-state index contributed by atoms with van der Waals surface area (Å²) >= 11 is 0. The Morgan fingerprint density at radius 1 is 1.26 bits per heavy atom. The molecule has 27 heavy (non-hydrogen) atoms. The van der Waals surface area contributed by atoms with E-state index in [-0.39, 0.29) is 24.0 Å². The lowest BCUT2D eigenvalue weighted by atomic mass is 10.1. The number of para-hydroxylation sites is 1. The van der Waals surface area contributed by atoms with Crippen molar-refractivity contribution in [3.63, 3.8) is 0 Å². The maximum absolute atomic E-state index is 9.43. The lowest BCUT2D eigenvalue weighted by Crippen LogP contribution is -2.44. The molecule has 4 N–H and O–H groups in total. The molecule has 1 fully saturated rings. The predicted octanol–water partition coefficient (Wildman–Crippen LogP) is 1.52. The number of morpholine rings is 1. The van der Waals surface area contributed by atoms with Crippen LogP contribution in [0.2, 0.25) is 0 Å². The minimum absolute atomic E-state index is 0. The average Bonchev–Trinajstić information content (AvgIpc) is 3.01. The summed E-state index contributed by atoms with van der Waals surface area (Å²) in [7, 11) is 0. The van der Waals surface area contributed by atoms with Gasteiger partial charge in [-0.3, -0.25) is 4.99 Å². The van der Waals surface area contributed by atoms with Crippen LogP contribution in [-0.2, 0) is 11.2 Å². The molecule has 0 atom stereocenters. The van der Waals surface area contributed by atoms with E-state index in [1.54, 1.807) is 4.68 Å². The first-order chi connectivity index (χ1) is 12.7. The van der Waals surface area contributed by atoms with Crippen LogP contribution < -0.4 is 11.5 Å². The molecule has 1 aromatic carbocycles. The number of aromatic nitrogens is 2. The molecule has 2 aromatic rings. The zero-order chi connectivity index (χ0) is 18.4. The molecule has 3 rings (SSSR count). The number of nitriles is 1. The van der Waals surface area contributed by atoms with Gasteiger partial charge in [-0.2, -0.15) is 10.4 Å². The van der Waals surface area contributed by atoms with Gasteiger partial charge in [-0.15, -0.1) is 24.0 Å². The Labute approximate surface area is 175 Å². The van der Waals surface area contributed by atoms with E-state index in [9.17, 15) is 5.26 Å². The first-order valence-electron chi connectivity index (χ1n) is 8.66. The number of halogens is 1. The Balaban J connectivity index is 0.00000261. The summed E-state index contributed by atoms with van der Waals surface area (Å²) in [5, 5.41) is 13.9. The number of guanidine groups is 1. The molecule has 1 aliphatic rings. The van der Waals surface area contributed by atoms with Gasteiger partial charge < -0.3 is 21.1 Å². The molecule has 1 aromatic heterocycles. The first-order valence-corrected chi connectivity index (χ1v) is 8.66. The Morgan fingerprint density at radius 2 is 1.96 bits per heavy atom. The molecule has 1 saturated heterocycles. The summed E-state index contributed by atoms with van der Waals surface area (Å²) in [6.07, 6.45) is 1.36. The highest BCUT2D eigenvalue weighted by molar-refractivity contribution is 14.0. The second kappa shape index (κ2) is 10.1. The molecular formula is C18H24IN7O. The normalized spacial score (nSPS) is 14.5. The Kier molecular flexibility index (Phi) is 7.87. The van der Waals surface area contributed by atoms with Gasteiger partial charge in [0, 0.05) is 19.6 Å². The van der Waals surface area contributed by atoms with Crippen molar-refractivity contribution >= 4 is 35.8 Å². The summed E-state index contributed by atoms with van der Waals surface area (Å²) < 4.78 is 6.91. The Bertz CT molecular complexity index is 807. The standard InChI is InChI=1S/C18H23N7O.HI/c19-13-15-16(23-25(17(15)20)14-5-2-1-3-6-14)7-4-8-22-18(21)24-9-11-26-12-10-24;/h1-3,5-6H,4,7-12,20H2,(H2,21,22);1H. The topological polar surface area (TPSA) is 118 Å². The lowest BCUT2D eigenvalue weighted by molar-refractivity contribution is 0.0674. The van der Waals surface area contributed by atoms with E-state index in [0.29, 0.717) is 49.2 Å². The van der Waals surface area contributed by atoms with Crippen molar-refractivity contribution < 1.29 is 4.74 Å². The SMILES string of the molecule is I.N#Cc1c(CCCN=C(N)N2CCOCC2)nn(-c2ccccc2)c1N. The summed E-state index contributed by atoms with van der Waals surface area (Å²) in [6.45, 7) is 3.47. The number of aliphatic imine (C=N–C) groups is 1. The molecule has 144 valence electrons. The highest BCUT2D eigenvalue weighted by atomic mass is 127. The molecule has 1 aliphatic heterocycles. The van der Waals surface area contributed by atoms with E-state index in [1.807, 2.05) is 35.2 Å². The van der Waals surface area contributed by atoms with E-state index >= 15 is 0 Å². The van der Waals surface area contributed by atoms with Crippen LogP contribution in [0.25, 0.3) is 5.69 Å². The zero-order valence-electron chi connectivity index (χ0n) is 15.0. The summed E-state index contributed by atoms with van der Waals surface area (Å²) in [6, 6.07) is 11.7. The number of nitrogens with zero attached hydrogens (tertiary/aromatic N) is 5. The van der Waals surface area contributed by atoms with E-state index in [4.69, 9.17) is 16.2 Å². The molecule has 0 aliphatic carbocycles. The molecular weight excluding hydrogens is 457 g/mol. The summed E-state index contributed by atoms with van der Waals surface area (Å²) in [5.41, 5.74) is 14.1. The van der Waals surface area contributed by atoms with Crippen molar-refractivity contribution in [3.05, 3.63) is 41.6 Å². The number of hydrogen-bond acceptors (Lipinski definition) is 5. The highest BCUT2D eigenvalue weighted by Crippen LogP contribution is 2.21. The molecule has 8 nitrogen and oxygen atoms in total. The van der Waals surface area contributed by atoms with E-state index < -0.39 is 0 Å². The van der Waals surface area contributed by atoms with Crippen LogP contribution >= 0.6 is 24.0 Å². The number of rotatable bonds is 5. The third kappa shape index (κ3) is 5.11. The molecule has 0 unspecified atom stereocenters. The maximum Gasteiger partial charge on any atom is 0.191 e. The van der Waals surface area contributed by atoms with Gasteiger partial charge in [0.25, 0.3) is 0 Å². The second-order valence-corrected chi connectivity index (χ2v) is 6.01. The highest BCUT2D eigenvalue weighted by Gasteiger charge is 2.16. The third-order valence-electron chi connectivity index (χ3n) is 4.29. The molecule has 0 bridgehead atoms. The van der Waals surface area contributed by atoms with Gasteiger partial charge in [0.05, 0.1) is 24.6 Å². The summed E-state index contributed by atoms with van der Waals surface area (Å²) in [5.74, 6) is 0.910. The van der Waals surface area contributed by atoms with Crippen LogP contribution in [-0.4, -0.2) is 53.5 Å². The van der Waals surface area contributed by atoms with Gasteiger partial charge in [-0.25, -0.2) is 4.68 Å². The fourth-order valence-electron chi connectivity index (χ4n) is 2.87. The molecule has 0 saturated carbocycles. The van der Waals surface area contributed by atoms with Gasteiger partial charge in [-0.1, -0.05) is 18.2 Å². The first kappa shape index (κ1) is 21.0. The fraction of sp³-hybridized carbons (Fsp3) is 0.389. The van der Waals surface area contributed by atoms with Gasteiger partial charge >= 0.3 is 0 Å². The average molecular weight is 481 g/mol. The van der Waals surface area contributed by atoms with Gasteiger partial charge in [0.1, 0.15) is 17.5 Å². The van der Waals surface area contributed by atoms with Crippen molar-refractivity contribution in [2.24, 2.45) is 10.7 Å². The predicted molar refractivity (Wildman–Crippen MR) is 115 cm³/mol. The van der Waals surface area contributed by atoms with Crippen molar-refractivity contribution in [1.29, 1.82) is 5.26 Å². The maximum atomic E-state index is 9.43. The van der Waals surface area contributed by atoms with E-state index in [0.717, 1.165) is 25.2 Å². The molecule has 0 amide bonds. The summed E-state index contributed by atoms with van der Waals surface area (Å²) in [4.78, 5) is 6.44. The second-order valence-electron chi connectivity index (χ2n) is 6.01. The lowest BCUT2D eigenvalue weighted by Gasteiger charge is -2.27. The molecule has 2 heterocycles. The van der Waals surface area contributed by atoms with Crippen LogP contribution in [0.3, 0.4) is 0 Å². The van der Waals surface area contributed by atoms with Crippen molar-refractivity contribution in [3.8, 4) is 11.8 Å². The van der Waals surface area contributed by atoms with Gasteiger partial charge in [-0.05, 0) is 25.0 Å². The number of hydrogen-bond donors (Lipinski definition) is 2. The monoisotopic (exact) mass is 481 g/mol. The molecule has 0 radical (unpaired) electrons. The van der Waals surface area contributed by atoms with E-state index in [1.165, 1.54) is 0 Å². The Morgan fingerprint density at radius 3 is 2.63 bits per heavy atom. The van der Waals surface area contributed by atoms with Crippen molar-refractivity contribution in [2.45, 2.75) is 12.8 Å². The number of aryl methyl sites for hydroxylation is 1. The van der Waals surface area contributed by atoms with Crippen LogP contribution in [0.15, 0.2) is 35.3 Å². The fourth-order valence-corrected chi connectivity index (χ4v) is 2.87. The van der Waals surface area contributed by atoms with Crippen molar-refractivity contribution in [1.82, 2.24) is 14.7 Å². The smallest absolute Gasteiger partial charge is 0.191 e. The van der Waals surface area contributed by atoms with Crippen LogP contribution in [0, 0.1) is 11.3 Å². The van der Waals surface area contributed by atoms with Crippen LogP contribution in [0.5, 0.6) is 0 Å². The quantitative estimate of drug-likeness (QED) is 0.290. The largest absolute Gasteiger partial charge is 0.382 e. The minimum atomic E-state index is 0. The van der Waals surface area contributed by atoms with Gasteiger partial charge in [0.15, 0.2) is 5.96 Å². The number of anilines is 1. The van der Waals surface area contributed by atoms with Crippen LogP contribution in [0.4, 0.5) is 5.82 Å². The molecule has 9 heteroatoms. The molecule has 0 spiro atoms. The van der Waals surface area contributed by atoms with Gasteiger partial charge in [0.2, 0.25) is 0 Å². The Hall–Kier alpha value is -2.32. The number of nitrogen functional groups attached to an aromatic ring is 1. The van der Waals surface area contributed by atoms with Crippen LogP contribution in [0.1, 0.15) is 17.7 Å². The number of nitrogens with two attached hydrogens (primary N) is 2. The minimum Gasteiger partial charge on any atom is -0.382 e. The van der Waals surface area contributed by atoms with E-state index in [2.05, 4.69) is 16.2 Å². The third-order valence-corrected chi connectivity index (χ3v) is 4.29. The number of benzene rings is 1. The van der Waals surface area contributed by atoms with Crippen molar-refractivity contribution in [2.75, 3.05) is 38.6 Å². The zero-order valence-corrected chi connectivity index (χ0v) is 17.4.